The Morgan fingerprint density at radius 3 is 2.42 bits per heavy atom. The molecule has 0 saturated heterocycles. The molecule has 0 aromatic heterocycles. The summed E-state index contributed by atoms with van der Waals surface area (Å²) in [5.74, 6) is 0.304. The van der Waals surface area contributed by atoms with Gasteiger partial charge < -0.3 is 10.4 Å². The van der Waals surface area contributed by atoms with Gasteiger partial charge in [-0.2, -0.15) is 0 Å². The van der Waals surface area contributed by atoms with Crippen molar-refractivity contribution >= 4 is 21.8 Å². The van der Waals surface area contributed by atoms with Crippen molar-refractivity contribution in [2.24, 2.45) is 5.92 Å². The quantitative estimate of drug-likeness (QED) is 0.787. The third-order valence-electron chi connectivity index (χ3n) is 4.61. The average molecular weight is 388 g/mol. The van der Waals surface area contributed by atoms with Crippen LogP contribution in [0.15, 0.2) is 59.1 Å². The van der Waals surface area contributed by atoms with Gasteiger partial charge in [0.25, 0.3) is 0 Å². The van der Waals surface area contributed by atoms with Gasteiger partial charge in [-0.1, -0.05) is 58.4 Å². The lowest BCUT2D eigenvalue weighted by Gasteiger charge is -2.26. The third kappa shape index (κ3) is 4.05. The molecule has 0 spiro atoms. The van der Waals surface area contributed by atoms with Crippen molar-refractivity contribution in [1.29, 1.82) is 0 Å². The molecule has 4 heteroatoms. The van der Waals surface area contributed by atoms with E-state index in [0.717, 1.165) is 28.4 Å². The van der Waals surface area contributed by atoms with Crippen molar-refractivity contribution < 1.29 is 9.90 Å². The van der Waals surface area contributed by atoms with E-state index in [9.17, 15) is 9.90 Å². The number of hydrogen-bond acceptors (Lipinski definition) is 2. The van der Waals surface area contributed by atoms with E-state index in [1.807, 2.05) is 54.6 Å². The van der Waals surface area contributed by atoms with Gasteiger partial charge in [0.05, 0.1) is 12.5 Å². The Bertz CT molecular complexity index is 693. The van der Waals surface area contributed by atoms with E-state index in [2.05, 4.69) is 21.2 Å². The van der Waals surface area contributed by atoms with Crippen LogP contribution in [0.2, 0.25) is 0 Å². The fourth-order valence-electron chi connectivity index (χ4n) is 3.01. The molecule has 0 heterocycles. The molecule has 3 rings (SSSR count). The summed E-state index contributed by atoms with van der Waals surface area (Å²) in [6.07, 6.45) is 2.19. The predicted molar refractivity (Wildman–Crippen MR) is 98.6 cm³/mol. The molecule has 2 aromatic carbocycles. The van der Waals surface area contributed by atoms with E-state index in [1.54, 1.807) is 6.92 Å². The molecule has 2 N–H and O–H groups in total. The molecular formula is C20H22BrNO2. The number of halogens is 1. The van der Waals surface area contributed by atoms with Gasteiger partial charge in [-0.25, -0.2) is 0 Å². The number of carbonyl (C=O) groups is 1. The van der Waals surface area contributed by atoms with Crippen molar-refractivity contribution in [1.82, 2.24) is 5.32 Å². The topological polar surface area (TPSA) is 49.3 Å². The van der Waals surface area contributed by atoms with Crippen LogP contribution in [0.5, 0.6) is 0 Å². The van der Waals surface area contributed by atoms with Crippen LogP contribution in [0.25, 0.3) is 0 Å². The van der Waals surface area contributed by atoms with Crippen molar-refractivity contribution in [3.63, 3.8) is 0 Å². The molecule has 1 amide bonds. The molecule has 0 bridgehead atoms. The monoisotopic (exact) mass is 387 g/mol. The van der Waals surface area contributed by atoms with E-state index in [1.165, 1.54) is 0 Å². The number of hydrogen-bond donors (Lipinski definition) is 2. The first-order chi connectivity index (χ1) is 11.5. The summed E-state index contributed by atoms with van der Waals surface area (Å²) in [4.78, 5) is 12.7. The van der Waals surface area contributed by atoms with Crippen LogP contribution < -0.4 is 5.32 Å². The van der Waals surface area contributed by atoms with Gasteiger partial charge in [0.1, 0.15) is 5.60 Å². The standard InChI is InChI=1S/C20H22BrNO2/c1-20(24,16-9-11-17(21)12-10-16)13-22-19(23)18(15-7-8-15)14-5-3-2-4-6-14/h2-6,9-12,15,18,24H,7-8,13H2,1H3,(H,22,23). The first-order valence-electron chi connectivity index (χ1n) is 8.28. The summed E-state index contributed by atoms with van der Waals surface area (Å²) in [7, 11) is 0. The van der Waals surface area contributed by atoms with Crippen molar-refractivity contribution in [3.05, 3.63) is 70.2 Å². The minimum Gasteiger partial charge on any atom is -0.384 e. The average Bonchev–Trinajstić information content (AvgIpc) is 3.40. The highest BCUT2D eigenvalue weighted by Gasteiger charge is 2.37. The SMILES string of the molecule is CC(O)(CNC(=O)C(c1ccccc1)C1CC1)c1ccc(Br)cc1. The largest absolute Gasteiger partial charge is 0.384 e. The maximum absolute atomic E-state index is 12.7. The molecule has 2 unspecified atom stereocenters. The van der Waals surface area contributed by atoms with E-state index in [4.69, 9.17) is 0 Å². The van der Waals surface area contributed by atoms with Gasteiger partial charge in [-0.05, 0) is 48.9 Å². The summed E-state index contributed by atoms with van der Waals surface area (Å²) in [5, 5.41) is 13.7. The fraction of sp³-hybridized carbons (Fsp3) is 0.350. The molecule has 2 aromatic rings. The number of aliphatic hydroxyl groups is 1. The van der Waals surface area contributed by atoms with E-state index in [0.29, 0.717) is 5.92 Å². The van der Waals surface area contributed by atoms with E-state index in [-0.39, 0.29) is 18.4 Å². The number of benzene rings is 2. The van der Waals surface area contributed by atoms with Crippen LogP contribution >= 0.6 is 15.9 Å². The number of amides is 1. The van der Waals surface area contributed by atoms with Crippen molar-refractivity contribution in [3.8, 4) is 0 Å². The van der Waals surface area contributed by atoms with Crippen LogP contribution in [-0.2, 0) is 10.4 Å². The second kappa shape index (κ2) is 7.08. The molecule has 2 atom stereocenters. The highest BCUT2D eigenvalue weighted by Crippen LogP contribution is 2.42. The minimum atomic E-state index is -1.10. The first-order valence-corrected chi connectivity index (χ1v) is 9.08. The fourth-order valence-corrected chi connectivity index (χ4v) is 3.27. The molecule has 1 aliphatic rings. The van der Waals surface area contributed by atoms with Gasteiger partial charge in [0.15, 0.2) is 0 Å². The first kappa shape index (κ1) is 17.2. The minimum absolute atomic E-state index is 0.00101. The Kier molecular flexibility index (Phi) is 5.07. The maximum Gasteiger partial charge on any atom is 0.227 e. The normalized spacial score (nSPS) is 17.8. The number of rotatable bonds is 6. The summed E-state index contributed by atoms with van der Waals surface area (Å²) >= 11 is 3.39. The summed E-state index contributed by atoms with van der Waals surface area (Å²) in [6, 6.07) is 17.4. The molecule has 0 radical (unpaired) electrons. The van der Waals surface area contributed by atoms with E-state index < -0.39 is 5.60 Å². The molecule has 126 valence electrons. The molecule has 1 aliphatic carbocycles. The second-order valence-corrected chi connectivity index (χ2v) is 7.64. The van der Waals surface area contributed by atoms with Crippen LogP contribution in [-0.4, -0.2) is 17.6 Å². The van der Waals surface area contributed by atoms with Gasteiger partial charge in [0.2, 0.25) is 5.91 Å². The Hall–Kier alpha value is -1.65. The Morgan fingerprint density at radius 1 is 1.21 bits per heavy atom. The molecule has 1 saturated carbocycles. The lowest BCUT2D eigenvalue weighted by molar-refractivity contribution is -0.124. The van der Waals surface area contributed by atoms with Gasteiger partial charge in [0, 0.05) is 4.47 Å². The van der Waals surface area contributed by atoms with Gasteiger partial charge >= 0.3 is 0 Å². The zero-order valence-electron chi connectivity index (χ0n) is 13.7. The molecule has 0 aliphatic heterocycles. The second-order valence-electron chi connectivity index (χ2n) is 6.72. The number of carbonyl (C=O) groups excluding carboxylic acids is 1. The zero-order valence-corrected chi connectivity index (χ0v) is 15.3. The highest BCUT2D eigenvalue weighted by atomic mass is 79.9. The van der Waals surface area contributed by atoms with E-state index >= 15 is 0 Å². The van der Waals surface area contributed by atoms with Crippen LogP contribution in [0.4, 0.5) is 0 Å². The molecule has 24 heavy (non-hydrogen) atoms. The maximum atomic E-state index is 12.7. The Balaban J connectivity index is 1.68. The smallest absolute Gasteiger partial charge is 0.227 e. The van der Waals surface area contributed by atoms with Gasteiger partial charge in [-0.3, -0.25) is 4.79 Å². The van der Waals surface area contributed by atoms with Crippen LogP contribution in [0.1, 0.15) is 36.8 Å². The lowest BCUT2D eigenvalue weighted by atomic mass is 9.92. The summed E-state index contributed by atoms with van der Waals surface area (Å²) in [6.45, 7) is 1.93. The summed E-state index contributed by atoms with van der Waals surface area (Å²) < 4.78 is 0.962. The van der Waals surface area contributed by atoms with Crippen LogP contribution in [0, 0.1) is 5.92 Å². The Morgan fingerprint density at radius 2 is 1.83 bits per heavy atom. The van der Waals surface area contributed by atoms with Gasteiger partial charge in [-0.15, -0.1) is 0 Å². The summed E-state index contributed by atoms with van der Waals surface area (Å²) in [5.41, 5.74) is 0.746. The number of nitrogens with one attached hydrogen (secondary N) is 1. The van der Waals surface area contributed by atoms with Crippen LogP contribution in [0.3, 0.4) is 0 Å². The highest BCUT2D eigenvalue weighted by molar-refractivity contribution is 9.10. The van der Waals surface area contributed by atoms with Crippen molar-refractivity contribution in [2.45, 2.75) is 31.3 Å². The third-order valence-corrected chi connectivity index (χ3v) is 5.14. The molecular weight excluding hydrogens is 366 g/mol. The predicted octanol–water partition coefficient (Wildman–Crippen LogP) is 3.97. The Labute approximate surface area is 151 Å². The molecule has 3 nitrogen and oxygen atoms in total. The lowest BCUT2D eigenvalue weighted by Crippen LogP contribution is -2.41. The van der Waals surface area contributed by atoms with Crippen molar-refractivity contribution in [2.75, 3.05) is 6.54 Å². The zero-order chi connectivity index (χ0) is 17.2. The molecule has 1 fully saturated rings.